The molecule has 3 rings (SSSR count). The van der Waals surface area contributed by atoms with E-state index in [9.17, 15) is 0 Å². The Balaban J connectivity index is 1.71. The van der Waals surface area contributed by atoms with Crippen LogP contribution < -0.4 is 5.32 Å². The molecule has 0 amide bonds. The van der Waals surface area contributed by atoms with E-state index in [1.54, 1.807) is 6.07 Å². The fourth-order valence-electron chi connectivity index (χ4n) is 2.60. The average molecular weight is 312 g/mol. The Bertz CT molecular complexity index is 579. The molecule has 1 atom stereocenters. The van der Waals surface area contributed by atoms with Gasteiger partial charge in [-0.25, -0.2) is 0 Å². The molecule has 0 bridgehead atoms. The lowest BCUT2D eigenvalue weighted by Gasteiger charge is -2.24. The second-order valence-electron chi connectivity index (χ2n) is 4.86. The highest BCUT2D eigenvalue weighted by atomic mass is 35.5. The molecule has 1 heterocycles. The van der Waals surface area contributed by atoms with Crippen LogP contribution in [0.5, 0.6) is 0 Å². The minimum absolute atomic E-state index is 0.460. The van der Waals surface area contributed by atoms with Crippen molar-refractivity contribution in [2.24, 2.45) is 0 Å². The van der Waals surface area contributed by atoms with Gasteiger partial charge in [-0.05, 0) is 54.0 Å². The number of halogens is 2. The summed E-state index contributed by atoms with van der Waals surface area (Å²) in [6.45, 7) is 0.788. The lowest BCUT2D eigenvalue weighted by Crippen LogP contribution is -2.23. The molecule has 0 spiro atoms. The van der Waals surface area contributed by atoms with Gasteiger partial charge in [0.2, 0.25) is 0 Å². The largest absolute Gasteiger partial charge is 0.306 e. The molecule has 1 nitrogen and oxygen atoms in total. The van der Waals surface area contributed by atoms with Crippen LogP contribution in [0.25, 0.3) is 0 Å². The van der Waals surface area contributed by atoms with Gasteiger partial charge < -0.3 is 5.32 Å². The van der Waals surface area contributed by atoms with Gasteiger partial charge in [-0.3, -0.25) is 0 Å². The molecule has 1 aromatic heterocycles. The van der Waals surface area contributed by atoms with Crippen molar-refractivity contribution in [2.75, 3.05) is 0 Å². The molecule has 19 heavy (non-hydrogen) atoms. The second-order valence-corrected chi connectivity index (χ2v) is 6.70. The Morgan fingerprint density at radius 3 is 3.00 bits per heavy atom. The van der Waals surface area contributed by atoms with Crippen LogP contribution >= 0.6 is 34.5 Å². The molecule has 2 aromatic rings. The van der Waals surface area contributed by atoms with Crippen LogP contribution in [0.4, 0.5) is 0 Å². The molecule has 1 aliphatic rings. The highest BCUT2D eigenvalue weighted by Gasteiger charge is 2.20. The lowest BCUT2D eigenvalue weighted by atomic mass is 9.94. The molecule has 1 unspecified atom stereocenters. The number of fused-ring (bicyclic) bond motifs is 1. The Hall–Kier alpha value is -0.540. The number of hydrogen-bond donors (Lipinski definition) is 1. The second kappa shape index (κ2) is 5.84. The van der Waals surface area contributed by atoms with Crippen molar-refractivity contribution >= 4 is 34.5 Å². The van der Waals surface area contributed by atoms with Crippen LogP contribution in [0.1, 0.15) is 34.9 Å². The molecule has 100 valence electrons. The first kappa shape index (κ1) is 13.4. The van der Waals surface area contributed by atoms with Gasteiger partial charge >= 0.3 is 0 Å². The molecular formula is C15H15Cl2NS. The van der Waals surface area contributed by atoms with E-state index in [0.29, 0.717) is 11.1 Å². The summed E-state index contributed by atoms with van der Waals surface area (Å²) >= 11 is 14.0. The van der Waals surface area contributed by atoms with E-state index in [-0.39, 0.29) is 0 Å². The predicted octanol–water partition coefficient (Wildman–Crippen LogP) is 5.22. The SMILES string of the molecule is Clc1ccc(CNC2CCCc3sccc32)c(Cl)c1. The van der Waals surface area contributed by atoms with Crippen LogP contribution in [-0.2, 0) is 13.0 Å². The summed E-state index contributed by atoms with van der Waals surface area (Å²) in [6.07, 6.45) is 3.70. The number of rotatable bonds is 3. The molecule has 4 heteroatoms. The van der Waals surface area contributed by atoms with Crippen LogP contribution in [0, 0.1) is 0 Å². The fraction of sp³-hybridized carbons (Fsp3) is 0.333. The average Bonchev–Trinajstić information content (AvgIpc) is 2.86. The van der Waals surface area contributed by atoms with Gasteiger partial charge in [0, 0.05) is 27.5 Å². The molecule has 0 saturated heterocycles. The lowest BCUT2D eigenvalue weighted by molar-refractivity contribution is 0.463. The first-order chi connectivity index (χ1) is 9.24. The monoisotopic (exact) mass is 311 g/mol. The van der Waals surface area contributed by atoms with Crippen molar-refractivity contribution < 1.29 is 0 Å². The summed E-state index contributed by atoms with van der Waals surface area (Å²) in [5, 5.41) is 7.24. The van der Waals surface area contributed by atoms with E-state index < -0.39 is 0 Å². The van der Waals surface area contributed by atoms with Crippen molar-refractivity contribution in [1.29, 1.82) is 0 Å². The molecular weight excluding hydrogens is 297 g/mol. The zero-order chi connectivity index (χ0) is 13.2. The minimum atomic E-state index is 0.460. The van der Waals surface area contributed by atoms with Crippen molar-refractivity contribution in [3.05, 3.63) is 55.7 Å². The highest BCUT2D eigenvalue weighted by molar-refractivity contribution is 7.10. The Morgan fingerprint density at radius 1 is 1.26 bits per heavy atom. The van der Waals surface area contributed by atoms with Gasteiger partial charge in [-0.1, -0.05) is 29.3 Å². The predicted molar refractivity (Wildman–Crippen MR) is 83.3 cm³/mol. The Labute approximate surface area is 127 Å². The number of thiophene rings is 1. The third kappa shape index (κ3) is 2.97. The van der Waals surface area contributed by atoms with Gasteiger partial charge in [0.25, 0.3) is 0 Å². The number of nitrogens with one attached hydrogen (secondary N) is 1. The van der Waals surface area contributed by atoms with Crippen molar-refractivity contribution in [3.63, 3.8) is 0 Å². The van der Waals surface area contributed by atoms with Crippen molar-refractivity contribution in [2.45, 2.75) is 31.8 Å². The van der Waals surface area contributed by atoms with Gasteiger partial charge in [-0.15, -0.1) is 11.3 Å². The maximum atomic E-state index is 6.20. The Morgan fingerprint density at radius 2 is 2.16 bits per heavy atom. The minimum Gasteiger partial charge on any atom is -0.306 e. The van der Waals surface area contributed by atoms with Crippen LogP contribution in [0.2, 0.25) is 10.0 Å². The maximum Gasteiger partial charge on any atom is 0.0465 e. The zero-order valence-corrected chi connectivity index (χ0v) is 12.8. The van der Waals surface area contributed by atoms with E-state index in [2.05, 4.69) is 16.8 Å². The molecule has 0 saturated carbocycles. The summed E-state index contributed by atoms with van der Waals surface area (Å²) in [5.41, 5.74) is 2.58. The summed E-state index contributed by atoms with van der Waals surface area (Å²) in [6, 6.07) is 8.40. The summed E-state index contributed by atoms with van der Waals surface area (Å²) in [5.74, 6) is 0. The van der Waals surface area contributed by atoms with E-state index in [1.807, 2.05) is 23.5 Å². The molecule has 1 aromatic carbocycles. The van der Waals surface area contributed by atoms with Gasteiger partial charge in [0.05, 0.1) is 0 Å². The number of hydrogen-bond acceptors (Lipinski definition) is 2. The van der Waals surface area contributed by atoms with Gasteiger partial charge in [0.1, 0.15) is 0 Å². The molecule has 1 N–H and O–H groups in total. The summed E-state index contributed by atoms with van der Waals surface area (Å²) in [4.78, 5) is 1.53. The maximum absolute atomic E-state index is 6.20. The van der Waals surface area contributed by atoms with Crippen LogP contribution in [0.15, 0.2) is 29.6 Å². The van der Waals surface area contributed by atoms with Crippen LogP contribution in [0.3, 0.4) is 0 Å². The molecule has 1 aliphatic carbocycles. The zero-order valence-electron chi connectivity index (χ0n) is 10.5. The molecule has 0 aliphatic heterocycles. The fourth-order valence-corrected chi connectivity index (χ4v) is 4.06. The van der Waals surface area contributed by atoms with E-state index >= 15 is 0 Å². The Kier molecular flexibility index (Phi) is 4.13. The molecule has 0 fully saturated rings. The van der Waals surface area contributed by atoms with Crippen molar-refractivity contribution in [1.82, 2.24) is 5.32 Å². The summed E-state index contributed by atoms with van der Waals surface area (Å²) < 4.78 is 0. The summed E-state index contributed by atoms with van der Waals surface area (Å²) in [7, 11) is 0. The van der Waals surface area contributed by atoms with Gasteiger partial charge in [0.15, 0.2) is 0 Å². The third-order valence-corrected chi connectivity index (χ3v) is 5.19. The van der Waals surface area contributed by atoms with E-state index in [0.717, 1.165) is 17.1 Å². The standard InChI is InChI=1S/C15H15Cl2NS/c16-11-5-4-10(13(17)8-11)9-18-14-2-1-3-15-12(14)6-7-19-15/h4-8,14,18H,1-3,9H2. The topological polar surface area (TPSA) is 12.0 Å². The van der Waals surface area contributed by atoms with E-state index in [4.69, 9.17) is 23.2 Å². The third-order valence-electron chi connectivity index (χ3n) is 3.61. The highest BCUT2D eigenvalue weighted by Crippen LogP contribution is 2.33. The number of aryl methyl sites for hydroxylation is 1. The van der Waals surface area contributed by atoms with Crippen LogP contribution in [-0.4, -0.2) is 0 Å². The smallest absolute Gasteiger partial charge is 0.0465 e. The first-order valence-electron chi connectivity index (χ1n) is 6.47. The first-order valence-corrected chi connectivity index (χ1v) is 8.11. The number of benzene rings is 1. The van der Waals surface area contributed by atoms with Gasteiger partial charge in [-0.2, -0.15) is 0 Å². The quantitative estimate of drug-likeness (QED) is 0.819. The van der Waals surface area contributed by atoms with Crippen molar-refractivity contribution in [3.8, 4) is 0 Å². The molecule has 0 radical (unpaired) electrons. The normalized spacial score (nSPS) is 18.3. The van der Waals surface area contributed by atoms with E-state index in [1.165, 1.54) is 29.7 Å².